The van der Waals surface area contributed by atoms with E-state index < -0.39 is 5.60 Å². The highest BCUT2D eigenvalue weighted by molar-refractivity contribution is 7.99. The van der Waals surface area contributed by atoms with Gasteiger partial charge in [-0.25, -0.2) is 0 Å². The van der Waals surface area contributed by atoms with Crippen molar-refractivity contribution >= 4 is 17.5 Å². The molecule has 120 valence electrons. The SMILES string of the molecule is CCOC1(C(=O)C2CCOC3(CCSCC3)C2)CCCC1. The van der Waals surface area contributed by atoms with Crippen molar-refractivity contribution in [1.29, 1.82) is 0 Å². The third-order valence-corrected chi connectivity index (χ3v) is 6.53. The summed E-state index contributed by atoms with van der Waals surface area (Å²) >= 11 is 2.02. The molecule has 3 rings (SSSR count). The lowest BCUT2D eigenvalue weighted by atomic mass is 9.75. The minimum Gasteiger partial charge on any atom is -0.375 e. The summed E-state index contributed by atoms with van der Waals surface area (Å²) in [6.45, 7) is 3.41. The van der Waals surface area contributed by atoms with Gasteiger partial charge in [0.1, 0.15) is 5.60 Å². The smallest absolute Gasteiger partial charge is 0.167 e. The van der Waals surface area contributed by atoms with Crippen LogP contribution in [0, 0.1) is 5.92 Å². The molecule has 3 fully saturated rings. The van der Waals surface area contributed by atoms with E-state index >= 15 is 0 Å². The van der Waals surface area contributed by atoms with Crippen LogP contribution in [0.3, 0.4) is 0 Å². The van der Waals surface area contributed by atoms with Gasteiger partial charge in [0.2, 0.25) is 0 Å². The first-order chi connectivity index (χ1) is 10.2. The zero-order chi connectivity index (χ0) is 14.8. The van der Waals surface area contributed by atoms with Gasteiger partial charge in [-0.3, -0.25) is 4.79 Å². The minimum atomic E-state index is -0.457. The number of ketones is 1. The number of Topliss-reactive ketones (excluding diaryl/α,β-unsaturated/α-hetero) is 1. The van der Waals surface area contributed by atoms with Crippen LogP contribution >= 0.6 is 11.8 Å². The Morgan fingerprint density at radius 1 is 1.24 bits per heavy atom. The molecular weight excluding hydrogens is 284 g/mol. The molecule has 1 saturated carbocycles. The van der Waals surface area contributed by atoms with E-state index in [1.165, 1.54) is 11.5 Å². The predicted molar refractivity (Wildman–Crippen MR) is 85.8 cm³/mol. The molecule has 0 aromatic rings. The number of carbonyl (C=O) groups excluding carboxylic acids is 1. The third kappa shape index (κ3) is 3.18. The Morgan fingerprint density at radius 3 is 2.62 bits per heavy atom. The lowest BCUT2D eigenvalue weighted by Crippen LogP contribution is -2.50. The first-order valence-corrected chi connectivity index (χ1v) is 9.75. The second-order valence-corrected chi connectivity index (χ2v) is 8.06. The van der Waals surface area contributed by atoms with Gasteiger partial charge in [-0.2, -0.15) is 11.8 Å². The average Bonchev–Trinajstić information content (AvgIpc) is 2.97. The monoisotopic (exact) mass is 312 g/mol. The number of hydrogen-bond acceptors (Lipinski definition) is 4. The zero-order valence-electron chi connectivity index (χ0n) is 13.2. The Hall–Kier alpha value is -0.0600. The van der Waals surface area contributed by atoms with E-state index in [9.17, 15) is 4.79 Å². The van der Waals surface area contributed by atoms with E-state index in [-0.39, 0.29) is 11.5 Å². The maximum atomic E-state index is 13.2. The van der Waals surface area contributed by atoms with Crippen molar-refractivity contribution in [2.45, 2.75) is 69.5 Å². The number of ether oxygens (including phenoxy) is 2. The molecule has 2 saturated heterocycles. The average molecular weight is 312 g/mol. The minimum absolute atomic E-state index is 0.00413. The summed E-state index contributed by atoms with van der Waals surface area (Å²) in [5.74, 6) is 2.91. The summed E-state index contributed by atoms with van der Waals surface area (Å²) in [5, 5.41) is 0. The summed E-state index contributed by atoms with van der Waals surface area (Å²) in [5.41, 5.74) is -0.461. The lowest BCUT2D eigenvalue weighted by Gasteiger charge is -2.44. The first-order valence-electron chi connectivity index (χ1n) is 8.60. The van der Waals surface area contributed by atoms with Crippen LogP contribution in [0.15, 0.2) is 0 Å². The zero-order valence-corrected chi connectivity index (χ0v) is 14.0. The van der Waals surface area contributed by atoms with Crippen molar-refractivity contribution in [3.05, 3.63) is 0 Å². The molecule has 2 heterocycles. The van der Waals surface area contributed by atoms with E-state index in [0.717, 1.165) is 58.0 Å². The molecule has 0 aromatic heterocycles. The number of thioether (sulfide) groups is 1. The van der Waals surface area contributed by atoms with Crippen molar-refractivity contribution in [1.82, 2.24) is 0 Å². The molecule has 0 aromatic carbocycles. The van der Waals surface area contributed by atoms with Gasteiger partial charge < -0.3 is 9.47 Å². The largest absolute Gasteiger partial charge is 0.375 e. The van der Waals surface area contributed by atoms with Gasteiger partial charge in [0.25, 0.3) is 0 Å². The summed E-state index contributed by atoms with van der Waals surface area (Å²) in [7, 11) is 0. The van der Waals surface area contributed by atoms with E-state index in [0.29, 0.717) is 12.4 Å². The summed E-state index contributed by atoms with van der Waals surface area (Å²) in [6, 6.07) is 0. The second kappa shape index (κ2) is 6.59. The van der Waals surface area contributed by atoms with Gasteiger partial charge in [-0.15, -0.1) is 0 Å². The Bertz CT molecular complexity index is 365. The summed E-state index contributed by atoms with van der Waals surface area (Å²) in [6.07, 6.45) is 8.18. The molecule has 3 nitrogen and oxygen atoms in total. The van der Waals surface area contributed by atoms with Crippen LogP contribution in [0.5, 0.6) is 0 Å². The number of carbonyl (C=O) groups is 1. The molecule has 1 aliphatic carbocycles. The molecule has 3 aliphatic rings. The van der Waals surface area contributed by atoms with Crippen LogP contribution in [0.1, 0.15) is 58.3 Å². The van der Waals surface area contributed by atoms with Crippen LogP contribution in [0.4, 0.5) is 0 Å². The highest BCUT2D eigenvalue weighted by Crippen LogP contribution is 2.44. The highest BCUT2D eigenvalue weighted by Gasteiger charge is 2.48. The maximum absolute atomic E-state index is 13.2. The number of rotatable bonds is 4. The van der Waals surface area contributed by atoms with E-state index in [1.54, 1.807) is 0 Å². The van der Waals surface area contributed by atoms with Crippen LogP contribution < -0.4 is 0 Å². The fourth-order valence-corrected chi connectivity index (χ4v) is 5.64. The molecule has 0 bridgehead atoms. The Labute approximate surface area is 132 Å². The molecule has 1 unspecified atom stereocenters. The molecule has 21 heavy (non-hydrogen) atoms. The van der Waals surface area contributed by atoms with Gasteiger partial charge in [0, 0.05) is 19.1 Å². The summed E-state index contributed by atoms with van der Waals surface area (Å²) < 4.78 is 12.1. The van der Waals surface area contributed by atoms with Crippen molar-refractivity contribution < 1.29 is 14.3 Å². The molecular formula is C17H28O3S. The molecule has 0 N–H and O–H groups in total. The van der Waals surface area contributed by atoms with Crippen molar-refractivity contribution in [2.24, 2.45) is 5.92 Å². The predicted octanol–water partition coefficient (Wildman–Crippen LogP) is 3.60. The quantitative estimate of drug-likeness (QED) is 0.794. The molecule has 2 aliphatic heterocycles. The van der Waals surface area contributed by atoms with Crippen LogP contribution in [-0.2, 0) is 14.3 Å². The standard InChI is InChI=1S/C17H28O3S/c1-2-19-17(6-3-4-7-17)15(18)14-5-10-20-16(13-14)8-11-21-12-9-16/h14H,2-13H2,1H3. The van der Waals surface area contributed by atoms with Gasteiger partial charge in [0.05, 0.1) is 5.60 Å². The van der Waals surface area contributed by atoms with Crippen molar-refractivity contribution in [3.63, 3.8) is 0 Å². The Morgan fingerprint density at radius 2 is 1.95 bits per heavy atom. The van der Waals surface area contributed by atoms with Crippen molar-refractivity contribution in [3.8, 4) is 0 Å². The number of hydrogen-bond donors (Lipinski definition) is 0. The van der Waals surface area contributed by atoms with Crippen LogP contribution in [-0.4, -0.2) is 41.7 Å². The van der Waals surface area contributed by atoms with Crippen molar-refractivity contribution in [2.75, 3.05) is 24.7 Å². The molecule has 4 heteroatoms. The lowest BCUT2D eigenvalue weighted by molar-refractivity contribution is -0.160. The van der Waals surface area contributed by atoms with Gasteiger partial charge in [0.15, 0.2) is 5.78 Å². The molecule has 0 radical (unpaired) electrons. The fourth-order valence-electron chi connectivity index (χ4n) is 4.40. The van der Waals surface area contributed by atoms with Gasteiger partial charge in [-0.05, 0) is 69.8 Å². The Balaban J connectivity index is 1.71. The maximum Gasteiger partial charge on any atom is 0.167 e. The van der Waals surface area contributed by atoms with Gasteiger partial charge >= 0.3 is 0 Å². The third-order valence-electron chi connectivity index (χ3n) is 5.55. The fraction of sp³-hybridized carbons (Fsp3) is 0.941. The van der Waals surface area contributed by atoms with Crippen LogP contribution in [0.25, 0.3) is 0 Å². The van der Waals surface area contributed by atoms with E-state index in [4.69, 9.17) is 9.47 Å². The second-order valence-electron chi connectivity index (χ2n) is 6.83. The first kappa shape index (κ1) is 15.8. The normalized spacial score (nSPS) is 31.4. The Kier molecular flexibility index (Phi) is 4.97. The molecule has 1 spiro atoms. The van der Waals surface area contributed by atoms with Gasteiger partial charge in [-0.1, -0.05) is 0 Å². The van der Waals surface area contributed by atoms with E-state index in [2.05, 4.69) is 0 Å². The molecule has 0 amide bonds. The topological polar surface area (TPSA) is 35.5 Å². The van der Waals surface area contributed by atoms with Crippen LogP contribution in [0.2, 0.25) is 0 Å². The van der Waals surface area contributed by atoms with E-state index in [1.807, 2.05) is 18.7 Å². The molecule has 1 atom stereocenters. The highest BCUT2D eigenvalue weighted by atomic mass is 32.2. The summed E-state index contributed by atoms with van der Waals surface area (Å²) in [4.78, 5) is 13.2.